The summed E-state index contributed by atoms with van der Waals surface area (Å²) in [5.41, 5.74) is 2.89. The first-order chi connectivity index (χ1) is 7.03. The molecule has 2 unspecified atom stereocenters. The van der Waals surface area contributed by atoms with E-state index in [0.29, 0.717) is 5.92 Å². The van der Waals surface area contributed by atoms with Gasteiger partial charge in [-0.2, -0.15) is 0 Å². The van der Waals surface area contributed by atoms with Crippen molar-refractivity contribution in [3.05, 3.63) is 35.4 Å². The minimum atomic E-state index is -0.0468. The van der Waals surface area contributed by atoms with Crippen molar-refractivity contribution in [3.63, 3.8) is 0 Å². The van der Waals surface area contributed by atoms with Crippen molar-refractivity contribution in [1.82, 2.24) is 0 Å². The summed E-state index contributed by atoms with van der Waals surface area (Å²) in [4.78, 5) is 0. The Balaban J connectivity index is 2.24. The van der Waals surface area contributed by atoms with E-state index in [1.54, 1.807) is 0 Å². The first kappa shape index (κ1) is 9.41. The average Bonchev–Trinajstić information content (AvgIpc) is 2.16. The molecule has 15 heavy (non-hydrogen) atoms. The summed E-state index contributed by atoms with van der Waals surface area (Å²) in [6, 6.07) is 8.79. The molecule has 1 aromatic carbocycles. The van der Waals surface area contributed by atoms with Gasteiger partial charge in [0.1, 0.15) is 0 Å². The standard InChI is InChI=1S/C14H18O/c1-13(2)11-8-9-14(3,15-13)12-7-5-4-6-10(11)12/h4-7,11H,8-9H2,1-3H3. The van der Waals surface area contributed by atoms with Crippen molar-refractivity contribution in [3.8, 4) is 0 Å². The van der Waals surface area contributed by atoms with Gasteiger partial charge in [-0.3, -0.25) is 0 Å². The van der Waals surface area contributed by atoms with Crippen LogP contribution in [0.15, 0.2) is 24.3 Å². The summed E-state index contributed by atoms with van der Waals surface area (Å²) in [6.07, 6.45) is 2.43. The smallest absolute Gasteiger partial charge is 0.0913 e. The summed E-state index contributed by atoms with van der Waals surface area (Å²) < 4.78 is 6.29. The van der Waals surface area contributed by atoms with E-state index in [4.69, 9.17) is 4.74 Å². The van der Waals surface area contributed by atoms with Gasteiger partial charge in [-0.15, -0.1) is 0 Å². The van der Waals surface area contributed by atoms with E-state index in [2.05, 4.69) is 45.0 Å². The molecule has 1 heteroatoms. The maximum absolute atomic E-state index is 6.29. The predicted molar refractivity (Wildman–Crippen MR) is 60.9 cm³/mol. The van der Waals surface area contributed by atoms with E-state index in [1.807, 2.05) is 0 Å². The van der Waals surface area contributed by atoms with Crippen molar-refractivity contribution < 1.29 is 4.74 Å². The van der Waals surface area contributed by atoms with Gasteiger partial charge in [0.25, 0.3) is 0 Å². The van der Waals surface area contributed by atoms with E-state index in [-0.39, 0.29) is 11.2 Å². The molecule has 2 bridgehead atoms. The second kappa shape index (κ2) is 2.65. The summed E-state index contributed by atoms with van der Waals surface area (Å²) in [5.74, 6) is 0.579. The minimum absolute atomic E-state index is 0.00134. The van der Waals surface area contributed by atoms with Crippen LogP contribution in [0.4, 0.5) is 0 Å². The highest BCUT2D eigenvalue weighted by Crippen LogP contribution is 2.55. The third kappa shape index (κ3) is 1.13. The first-order valence-corrected chi connectivity index (χ1v) is 5.82. The highest BCUT2D eigenvalue weighted by molar-refractivity contribution is 5.41. The Morgan fingerprint density at radius 1 is 1.20 bits per heavy atom. The monoisotopic (exact) mass is 202 g/mol. The van der Waals surface area contributed by atoms with Crippen LogP contribution in [0.2, 0.25) is 0 Å². The van der Waals surface area contributed by atoms with Gasteiger partial charge in [0.2, 0.25) is 0 Å². The molecule has 0 spiro atoms. The molecule has 1 saturated heterocycles. The molecular formula is C14H18O. The maximum Gasteiger partial charge on any atom is 0.0913 e. The molecule has 1 fully saturated rings. The zero-order valence-electron chi connectivity index (χ0n) is 9.71. The van der Waals surface area contributed by atoms with E-state index in [1.165, 1.54) is 17.5 Å². The van der Waals surface area contributed by atoms with Gasteiger partial charge in [-0.25, -0.2) is 0 Å². The number of fused-ring (bicyclic) bond motifs is 2. The van der Waals surface area contributed by atoms with Gasteiger partial charge in [-0.1, -0.05) is 24.3 Å². The predicted octanol–water partition coefficient (Wildman–Crippen LogP) is 3.59. The zero-order valence-corrected chi connectivity index (χ0v) is 9.71. The molecule has 0 saturated carbocycles. The molecule has 2 heterocycles. The van der Waals surface area contributed by atoms with Crippen molar-refractivity contribution in [2.24, 2.45) is 0 Å². The van der Waals surface area contributed by atoms with E-state index < -0.39 is 0 Å². The lowest BCUT2D eigenvalue weighted by Crippen LogP contribution is -2.51. The Labute approximate surface area is 91.5 Å². The fourth-order valence-corrected chi connectivity index (χ4v) is 3.47. The van der Waals surface area contributed by atoms with Crippen LogP contribution >= 0.6 is 0 Å². The number of rotatable bonds is 0. The number of ether oxygens (including phenoxy) is 1. The number of hydrogen-bond donors (Lipinski definition) is 0. The van der Waals surface area contributed by atoms with Gasteiger partial charge >= 0.3 is 0 Å². The number of hydrogen-bond acceptors (Lipinski definition) is 1. The van der Waals surface area contributed by atoms with E-state index >= 15 is 0 Å². The summed E-state index contributed by atoms with van der Waals surface area (Å²) in [5, 5.41) is 0. The van der Waals surface area contributed by atoms with Crippen LogP contribution in [-0.2, 0) is 10.3 Å². The van der Waals surface area contributed by atoms with Gasteiger partial charge in [0, 0.05) is 5.92 Å². The normalized spacial score (nSPS) is 36.3. The van der Waals surface area contributed by atoms with Crippen molar-refractivity contribution in [1.29, 1.82) is 0 Å². The Morgan fingerprint density at radius 3 is 2.67 bits per heavy atom. The lowest BCUT2D eigenvalue weighted by atomic mass is 9.65. The first-order valence-electron chi connectivity index (χ1n) is 5.82. The van der Waals surface area contributed by atoms with Gasteiger partial charge in [0.15, 0.2) is 0 Å². The zero-order chi connectivity index (χ0) is 10.7. The highest BCUT2D eigenvalue weighted by Gasteiger charge is 2.51. The Bertz CT molecular complexity index is 408. The molecule has 4 rings (SSSR count). The van der Waals surface area contributed by atoms with Gasteiger partial charge in [0.05, 0.1) is 11.2 Å². The Hall–Kier alpha value is -0.820. The Morgan fingerprint density at radius 2 is 1.93 bits per heavy atom. The molecule has 1 nitrogen and oxygen atoms in total. The van der Waals surface area contributed by atoms with Crippen LogP contribution in [-0.4, -0.2) is 5.60 Å². The lowest BCUT2D eigenvalue weighted by molar-refractivity contribution is -0.195. The molecule has 1 aliphatic carbocycles. The average molecular weight is 202 g/mol. The largest absolute Gasteiger partial charge is 0.364 e. The molecule has 1 aromatic rings. The second-order valence-electron chi connectivity index (χ2n) is 5.61. The van der Waals surface area contributed by atoms with Crippen LogP contribution in [0.3, 0.4) is 0 Å². The fraction of sp³-hybridized carbons (Fsp3) is 0.571. The molecule has 3 aliphatic rings. The van der Waals surface area contributed by atoms with Crippen LogP contribution < -0.4 is 0 Å². The van der Waals surface area contributed by atoms with Crippen LogP contribution in [0.1, 0.15) is 50.7 Å². The second-order valence-corrected chi connectivity index (χ2v) is 5.61. The maximum atomic E-state index is 6.29. The molecule has 80 valence electrons. The van der Waals surface area contributed by atoms with Crippen LogP contribution in [0.5, 0.6) is 0 Å². The third-order valence-electron chi connectivity index (χ3n) is 4.14. The number of benzene rings is 1. The molecular weight excluding hydrogens is 184 g/mol. The minimum Gasteiger partial charge on any atom is -0.364 e. The quantitative estimate of drug-likeness (QED) is 0.624. The van der Waals surface area contributed by atoms with Gasteiger partial charge in [-0.05, 0) is 44.7 Å². The molecule has 0 radical (unpaired) electrons. The van der Waals surface area contributed by atoms with Crippen LogP contribution in [0.25, 0.3) is 0 Å². The van der Waals surface area contributed by atoms with Gasteiger partial charge < -0.3 is 4.74 Å². The third-order valence-corrected chi connectivity index (χ3v) is 4.14. The van der Waals surface area contributed by atoms with E-state index in [9.17, 15) is 0 Å². The van der Waals surface area contributed by atoms with E-state index in [0.717, 1.165) is 6.42 Å². The van der Waals surface area contributed by atoms with Crippen molar-refractivity contribution >= 4 is 0 Å². The SMILES string of the molecule is CC12CCC(c3ccccc31)C(C)(C)O2. The molecule has 0 N–H and O–H groups in total. The van der Waals surface area contributed by atoms with Crippen molar-refractivity contribution in [2.45, 2.75) is 50.7 Å². The van der Waals surface area contributed by atoms with Crippen molar-refractivity contribution in [2.75, 3.05) is 0 Å². The summed E-state index contributed by atoms with van der Waals surface area (Å²) in [7, 11) is 0. The molecule has 2 atom stereocenters. The molecule has 0 amide bonds. The fourth-order valence-electron chi connectivity index (χ4n) is 3.47. The highest BCUT2D eigenvalue weighted by atomic mass is 16.5. The molecule has 0 aromatic heterocycles. The van der Waals surface area contributed by atoms with Crippen LogP contribution in [0, 0.1) is 0 Å². The molecule has 2 aliphatic heterocycles. The topological polar surface area (TPSA) is 9.23 Å². The lowest BCUT2D eigenvalue weighted by Gasteiger charge is -2.54. The summed E-state index contributed by atoms with van der Waals surface area (Å²) >= 11 is 0. The summed E-state index contributed by atoms with van der Waals surface area (Å²) in [6.45, 7) is 6.69. The Kier molecular flexibility index (Phi) is 1.66.